The van der Waals surface area contributed by atoms with E-state index in [-0.39, 0.29) is 11.9 Å². The number of rotatable bonds is 6. The minimum Gasteiger partial charge on any atom is -0.352 e. The van der Waals surface area contributed by atoms with Crippen molar-refractivity contribution in [1.29, 1.82) is 0 Å². The second kappa shape index (κ2) is 7.36. The molecule has 1 N–H and O–H groups in total. The van der Waals surface area contributed by atoms with Crippen molar-refractivity contribution in [1.82, 2.24) is 5.32 Å². The molecule has 13 heavy (non-hydrogen) atoms. The Bertz CT molecular complexity index is 148. The first kappa shape index (κ1) is 12.9. The van der Waals surface area contributed by atoms with Gasteiger partial charge in [0.1, 0.15) is 0 Å². The summed E-state index contributed by atoms with van der Waals surface area (Å²) in [6, 6.07) is 0.268. The first-order valence-electron chi connectivity index (χ1n) is 4.97. The SMILES string of the molecule is CCCCC(=O)NC(CBr)C(C)C. The highest BCUT2D eigenvalue weighted by atomic mass is 79.9. The van der Waals surface area contributed by atoms with Crippen LogP contribution in [0.25, 0.3) is 0 Å². The molecular formula is C10H20BrNO. The first-order chi connectivity index (χ1) is 6.11. The van der Waals surface area contributed by atoms with Gasteiger partial charge in [-0.1, -0.05) is 43.1 Å². The summed E-state index contributed by atoms with van der Waals surface area (Å²) in [6.45, 7) is 6.33. The summed E-state index contributed by atoms with van der Waals surface area (Å²) in [4.78, 5) is 11.3. The molecule has 0 spiro atoms. The van der Waals surface area contributed by atoms with Crippen LogP contribution in [0.3, 0.4) is 0 Å². The van der Waals surface area contributed by atoms with E-state index in [0.29, 0.717) is 12.3 Å². The van der Waals surface area contributed by atoms with Gasteiger partial charge in [-0.15, -0.1) is 0 Å². The van der Waals surface area contributed by atoms with Crippen LogP contribution in [0.1, 0.15) is 40.0 Å². The minimum atomic E-state index is 0.181. The van der Waals surface area contributed by atoms with E-state index in [9.17, 15) is 4.79 Å². The van der Waals surface area contributed by atoms with Crippen molar-refractivity contribution in [2.45, 2.75) is 46.1 Å². The number of unbranched alkanes of at least 4 members (excludes halogenated alkanes) is 1. The summed E-state index contributed by atoms with van der Waals surface area (Å²) in [5.41, 5.74) is 0. The molecule has 0 bridgehead atoms. The van der Waals surface area contributed by atoms with Crippen LogP contribution in [0.4, 0.5) is 0 Å². The third-order valence-corrected chi connectivity index (χ3v) is 2.77. The zero-order valence-corrected chi connectivity index (χ0v) is 10.4. The van der Waals surface area contributed by atoms with Gasteiger partial charge in [0.25, 0.3) is 0 Å². The Kier molecular flexibility index (Phi) is 7.33. The van der Waals surface area contributed by atoms with Gasteiger partial charge < -0.3 is 5.32 Å². The predicted molar refractivity (Wildman–Crippen MR) is 60.1 cm³/mol. The van der Waals surface area contributed by atoms with Crippen LogP contribution in [0, 0.1) is 5.92 Å². The maximum absolute atomic E-state index is 11.3. The van der Waals surface area contributed by atoms with E-state index >= 15 is 0 Å². The Balaban J connectivity index is 3.73. The average Bonchev–Trinajstić information content (AvgIpc) is 2.10. The van der Waals surface area contributed by atoms with Gasteiger partial charge in [-0.05, 0) is 12.3 Å². The van der Waals surface area contributed by atoms with Crippen LogP contribution >= 0.6 is 15.9 Å². The molecule has 0 aromatic carbocycles. The van der Waals surface area contributed by atoms with Crippen molar-refractivity contribution in [2.75, 3.05) is 5.33 Å². The minimum absolute atomic E-state index is 0.181. The van der Waals surface area contributed by atoms with E-state index in [4.69, 9.17) is 0 Å². The molecule has 3 heteroatoms. The maximum Gasteiger partial charge on any atom is 0.220 e. The van der Waals surface area contributed by atoms with E-state index in [1.165, 1.54) is 0 Å². The normalized spacial score (nSPS) is 13.0. The van der Waals surface area contributed by atoms with Crippen LogP contribution in [0.2, 0.25) is 0 Å². The number of hydrogen-bond acceptors (Lipinski definition) is 1. The summed E-state index contributed by atoms with van der Waals surface area (Å²) >= 11 is 3.40. The molecule has 1 amide bonds. The molecule has 0 fully saturated rings. The molecule has 0 radical (unpaired) electrons. The molecule has 0 saturated heterocycles. The Hall–Kier alpha value is -0.0500. The lowest BCUT2D eigenvalue weighted by Crippen LogP contribution is -2.39. The van der Waals surface area contributed by atoms with Crippen molar-refractivity contribution < 1.29 is 4.79 Å². The summed E-state index contributed by atoms with van der Waals surface area (Å²) in [5.74, 6) is 0.671. The van der Waals surface area contributed by atoms with Crippen LogP contribution < -0.4 is 5.32 Å². The molecule has 0 aromatic rings. The number of halogens is 1. The molecule has 1 unspecified atom stereocenters. The molecule has 0 aromatic heterocycles. The van der Waals surface area contributed by atoms with Crippen LogP contribution in [0.15, 0.2) is 0 Å². The van der Waals surface area contributed by atoms with Crippen LogP contribution in [0.5, 0.6) is 0 Å². The van der Waals surface area contributed by atoms with E-state index in [1.807, 2.05) is 0 Å². The summed E-state index contributed by atoms with van der Waals surface area (Å²) < 4.78 is 0. The Morgan fingerprint density at radius 3 is 2.46 bits per heavy atom. The van der Waals surface area contributed by atoms with Gasteiger partial charge >= 0.3 is 0 Å². The quantitative estimate of drug-likeness (QED) is 0.721. The zero-order chi connectivity index (χ0) is 10.3. The van der Waals surface area contributed by atoms with Gasteiger partial charge in [0.05, 0.1) is 0 Å². The molecule has 2 nitrogen and oxygen atoms in total. The van der Waals surface area contributed by atoms with Crippen LogP contribution in [-0.2, 0) is 4.79 Å². The Morgan fingerprint density at radius 2 is 2.08 bits per heavy atom. The lowest BCUT2D eigenvalue weighted by Gasteiger charge is -2.19. The van der Waals surface area contributed by atoms with Gasteiger partial charge in [0.15, 0.2) is 0 Å². The molecular weight excluding hydrogens is 230 g/mol. The molecule has 0 heterocycles. The van der Waals surface area contributed by atoms with E-state index in [2.05, 4.69) is 42.0 Å². The van der Waals surface area contributed by atoms with Crippen LogP contribution in [-0.4, -0.2) is 17.3 Å². The second-order valence-corrected chi connectivity index (χ2v) is 4.32. The van der Waals surface area contributed by atoms with Crippen molar-refractivity contribution in [3.05, 3.63) is 0 Å². The zero-order valence-electron chi connectivity index (χ0n) is 8.77. The third-order valence-electron chi connectivity index (χ3n) is 2.07. The van der Waals surface area contributed by atoms with Gasteiger partial charge in [-0.2, -0.15) is 0 Å². The van der Waals surface area contributed by atoms with E-state index in [0.717, 1.165) is 18.2 Å². The van der Waals surface area contributed by atoms with Gasteiger partial charge in [0, 0.05) is 17.8 Å². The lowest BCUT2D eigenvalue weighted by atomic mass is 10.1. The summed E-state index contributed by atoms with van der Waals surface area (Å²) in [6.07, 6.45) is 2.72. The smallest absolute Gasteiger partial charge is 0.220 e. The predicted octanol–water partition coefficient (Wildman–Crippen LogP) is 2.71. The second-order valence-electron chi connectivity index (χ2n) is 3.68. The fourth-order valence-corrected chi connectivity index (χ4v) is 1.91. The Morgan fingerprint density at radius 1 is 1.46 bits per heavy atom. The highest BCUT2D eigenvalue weighted by molar-refractivity contribution is 9.09. The first-order valence-corrected chi connectivity index (χ1v) is 6.09. The average molecular weight is 250 g/mol. The molecule has 0 rings (SSSR count). The number of hydrogen-bond donors (Lipinski definition) is 1. The molecule has 0 saturated carbocycles. The molecule has 78 valence electrons. The highest BCUT2D eigenvalue weighted by Gasteiger charge is 2.13. The highest BCUT2D eigenvalue weighted by Crippen LogP contribution is 2.05. The largest absolute Gasteiger partial charge is 0.352 e. The van der Waals surface area contributed by atoms with Crippen molar-refractivity contribution in [3.63, 3.8) is 0 Å². The maximum atomic E-state index is 11.3. The van der Waals surface area contributed by atoms with Gasteiger partial charge in [0.2, 0.25) is 5.91 Å². The van der Waals surface area contributed by atoms with E-state index < -0.39 is 0 Å². The third kappa shape index (κ3) is 6.08. The standard InChI is InChI=1S/C10H20BrNO/c1-4-5-6-10(13)12-9(7-11)8(2)3/h8-9H,4-7H2,1-3H3,(H,12,13). The lowest BCUT2D eigenvalue weighted by molar-refractivity contribution is -0.122. The Labute approximate surface area is 89.6 Å². The number of amides is 1. The fraction of sp³-hybridized carbons (Fsp3) is 0.900. The number of carbonyl (C=O) groups excluding carboxylic acids is 1. The van der Waals surface area contributed by atoms with Crippen molar-refractivity contribution in [2.24, 2.45) is 5.92 Å². The number of nitrogens with one attached hydrogen (secondary N) is 1. The number of carbonyl (C=O) groups is 1. The van der Waals surface area contributed by atoms with Gasteiger partial charge in [-0.3, -0.25) is 4.79 Å². The van der Waals surface area contributed by atoms with Gasteiger partial charge in [-0.25, -0.2) is 0 Å². The molecule has 0 aliphatic heterocycles. The fourth-order valence-electron chi connectivity index (χ4n) is 1.000. The monoisotopic (exact) mass is 249 g/mol. The molecule has 0 aliphatic carbocycles. The van der Waals surface area contributed by atoms with E-state index in [1.54, 1.807) is 0 Å². The van der Waals surface area contributed by atoms with Crippen molar-refractivity contribution in [3.8, 4) is 0 Å². The molecule has 1 atom stereocenters. The summed E-state index contributed by atoms with van der Waals surface area (Å²) in [7, 11) is 0. The summed E-state index contributed by atoms with van der Waals surface area (Å²) in [5, 5.41) is 3.85. The number of alkyl halides is 1. The van der Waals surface area contributed by atoms with Crippen molar-refractivity contribution >= 4 is 21.8 Å². The topological polar surface area (TPSA) is 29.1 Å². The molecule has 0 aliphatic rings.